The zero-order chi connectivity index (χ0) is 41.9. The quantitative estimate of drug-likeness (QED) is 0.110. The van der Waals surface area contributed by atoms with Crippen molar-refractivity contribution >= 4 is 5.78 Å². The van der Waals surface area contributed by atoms with Crippen molar-refractivity contribution in [2.45, 2.75) is 202 Å². The maximum Gasteiger partial charge on any atom is 0.187 e. The van der Waals surface area contributed by atoms with Gasteiger partial charge in [-0.3, -0.25) is 4.79 Å². The number of rotatable bonds is 10. The second-order valence-corrected chi connectivity index (χ2v) is 19.1. The van der Waals surface area contributed by atoms with E-state index in [0.29, 0.717) is 12.8 Å². The summed E-state index contributed by atoms with van der Waals surface area (Å²) in [5.41, 5.74) is -2.23. The van der Waals surface area contributed by atoms with Crippen LogP contribution in [0.4, 0.5) is 0 Å². The first-order valence-corrected chi connectivity index (χ1v) is 21.3. The van der Waals surface area contributed by atoms with Crippen LogP contribution in [0, 0.1) is 28.6 Å². The monoisotopic (exact) mass is 830 g/mol. The number of fused-ring (bicyclic) bond motifs is 2. The van der Waals surface area contributed by atoms with Crippen molar-refractivity contribution in [3.8, 4) is 0 Å². The number of hydrogen-bond donors (Lipinski definition) is 7. The second-order valence-electron chi connectivity index (χ2n) is 19.1. The van der Waals surface area contributed by atoms with Crippen molar-refractivity contribution in [1.82, 2.24) is 0 Å². The molecule has 18 unspecified atom stereocenters. The number of aliphatic hydroxyl groups is 7. The summed E-state index contributed by atoms with van der Waals surface area (Å²) in [6, 6.07) is 0. The fourth-order valence-electron chi connectivity index (χ4n) is 13.4. The summed E-state index contributed by atoms with van der Waals surface area (Å²) in [5.74, 6) is -0.311. The number of hydrogen-bond acceptors (Lipinski definition) is 17. The van der Waals surface area contributed by atoms with Crippen molar-refractivity contribution < 1.29 is 83.2 Å². The van der Waals surface area contributed by atoms with E-state index in [-0.39, 0.29) is 35.1 Å². The molecule has 0 aromatic rings. The van der Waals surface area contributed by atoms with Gasteiger partial charge in [0.2, 0.25) is 0 Å². The standard InChI is InChI=1S/C41H66O17/c1-17(43)22-10-13-41-39(22,5)35(49)30(48)34-38(4)11-9-21(14-20(38)8-12-40(34,41)58-41)54-25-15-23(50-6)31(18(2)52-25)56-37-29(47)33(51-7)32(19(3)53-37)57-36-28(46)27(45)26(44)24(16-42)55-36/h18-37,42,44-49H,8-16H2,1-7H3/t18?,19?,20?,21-,22+,23?,24?,25?,26?,27?,28?,29?,30-,31?,32?,33?,34?,35+,36?,37?,38-,39-,40?,41?/m0/s1. The summed E-state index contributed by atoms with van der Waals surface area (Å²) in [7, 11) is 2.96. The van der Waals surface area contributed by atoms with Crippen LogP contribution in [-0.4, -0.2) is 178 Å². The van der Waals surface area contributed by atoms with E-state index < -0.39 is 121 Å². The second kappa shape index (κ2) is 15.7. The van der Waals surface area contributed by atoms with E-state index >= 15 is 0 Å². The average Bonchev–Trinajstić information content (AvgIpc) is 3.73. The highest BCUT2D eigenvalue weighted by molar-refractivity contribution is 5.80. The molecular formula is C41H66O17. The van der Waals surface area contributed by atoms with Crippen LogP contribution in [0.15, 0.2) is 0 Å². The fraction of sp³-hybridized carbons (Fsp3) is 0.976. The Morgan fingerprint density at radius 1 is 0.724 bits per heavy atom. The van der Waals surface area contributed by atoms with Gasteiger partial charge in [-0.15, -0.1) is 0 Å². The van der Waals surface area contributed by atoms with Gasteiger partial charge in [-0.25, -0.2) is 0 Å². The molecule has 17 heteroatoms. The van der Waals surface area contributed by atoms with Gasteiger partial charge in [-0.05, 0) is 77.0 Å². The van der Waals surface area contributed by atoms with Gasteiger partial charge in [-0.1, -0.05) is 13.8 Å². The summed E-state index contributed by atoms with van der Waals surface area (Å²) >= 11 is 0. The Hall–Kier alpha value is -0.970. The van der Waals surface area contributed by atoms with Crippen LogP contribution in [0.2, 0.25) is 0 Å². The third-order valence-corrected chi connectivity index (χ3v) is 16.4. The summed E-state index contributed by atoms with van der Waals surface area (Å²) in [4.78, 5) is 12.8. The lowest BCUT2D eigenvalue weighted by Gasteiger charge is -2.61. The van der Waals surface area contributed by atoms with Crippen molar-refractivity contribution in [3.05, 3.63) is 0 Å². The topological polar surface area (TPSA) is 245 Å². The number of carbonyl (C=O) groups is 1. The summed E-state index contributed by atoms with van der Waals surface area (Å²) in [5, 5.41) is 75.7. The zero-order valence-corrected chi connectivity index (χ0v) is 34.6. The van der Waals surface area contributed by atoms with E-state index in [4.69, 9.17) is 42.6 Å². The van der Waals surface area contributed by atoms with Crippen LogP contribution < -0.4 is 0 Å². The number of carbonyl (C=O) groups excluding carboxylic acids is 1. The average molecular weight is 831 g/mol. The first-order chi connectivity index (χ1) is 27.4. The van der Waals surface area contributed by atoms with Gasteiger partial charge in [0.05, 0.1) is 43.2 Å². The van der Waals surface area contributed by atoms with Crippen molar-refractivity contribution in [2.75, 3.05) is 20.8 Å². The first-order valence-electron chi connectivity index (χ1n) is 21.3. The molecule has 8 aliphatic rings. The van der Waals surface area contributed by atoms with Gasteiger partial charge in [-0.2, -0.15) is 0 Å². The number of aliphatic hydroxyl groups excluding tert-OH is 7. The molecule has 4 saturated heterocycles. The molecule has 4 aliphatic heterocycles. The van der Waals surface area contributed by atoms with E-state index in [1.807, 2.05) is 13.8 Å². The predicted octanol–water partition coefficient (Wildman–Crippen LogP) is -0.323. The molecule has 58 heavy (non-hydrogen) atoms. The summed E-state index contributed by atoms with van der Waals surface area (Å²) in [6.45, 7) is 8.68. The maximum absolute atomic E-state index is 12.8. The minimum absolute atomic E-state index is 0.0469. The number of methoxy groups -OCH3 is 2. The van der Waals surface area contributed by atoms with Crippen LogP contribution in [0.5, 0.6) is 0 Å². The summed E-state index contributed by atoms with van der Waals surface area (Å²) in [6.07, 6.45) is -11.6. The molecular weight excluding hydrogens is 764 g/mol. The molecule has 0 amide bonds. The first kappa shape index (κ1) is 43.7. The van der Waals surface area contributed by atoms with Crippen LogP contribution in [0.3, 0.4) is 0 Å². The molecule has 4 heterocycles. The number of epoxide rings is 1. The maximum atomic E-state index is 12.8. The third kappa shape index (κ3) is 6.35. The number of Topliss-reactive ketones (excluding diaryl/α,β-unsaturated/α-hetero) is 1. The molecule has 17 nitrogen and oxygen atoms in total. The van der Waals surface area contributed by atoms with Gasteiger partial charge in [0.15, 0.2) is 18.9 Å². The Balaban J connectivity index is 0.883. The molecule has 332 valence electrons. The molecule has 0 radical (unpaired) electrons. The predicted molar refractivity (Wildman–Crippen MR) is 198 cm³/mol. The molecule has 0 bridgehead atoms. The molecule has 8 rings (SSSR count). The lowest BCUT2D eigenvalue weighted by molar-refractivity contribution is -0.371. The van der Waals surface area contributed by atoms with Crippen LogP contribution in [-0.2, 0) is 47.4 Å². The van der Waals surface area contributed by atoms with Crippen molar-refractivity contribution in [3.63, 3.8) is 0 Å². The van der Waals surface area contributed by atoms with Crippen LogP contribution >= 0.6 is 0 Å². The summed E-state index contributed by atoms with van der Waals surface area (Å²) < 4.78 is 55.4. The van der Waals surface area contributed by atoms with Crippen LogP contribution in [0.1, 0.15) is 86.0 Å². The number of ketones is 1. The Bertz CT molecular complexity index is 1500. The minimum Gasteiger partial charge on any atom is -0.394 e. The van der Waals surface area contributed by atoms with Crippen molar-refractivity contribution in [2.24, 2.45) is 28.6 Å². The smallest absolute Gasteiger partial charge is 0.187 e. The lowest BCUT2D eigenvalue weighted by atomic mass is 9.43. The van der Waals surface area contributed by atoms with Gasteiger partial charge in [0, 0.05) is 37.9 Å². The van der Waals surface area contributed by atoms with E-state index in [9.17, 15) is 40.5 Å². The Labute approximate surface area is 339 Å². The Kier molecular flexibility index (Phi) is 11.8. The van der Waals surface area contributed by atoms with Gasteiger partial charge >= 0.3 is 0 Å². The molecule has 0 aromatic heterocycles. The molecule has 24 atom stereocenters. The van der Waals surface area contributed by atoms with Gasteiger partial charge in [0.25, 0.3) is 0 Å². The largest absolute Gasteiger partial charge is 0.394 e. The minimum atomic E-state index is -1.65. The van der Waals surface area contributed by atoms with Gasteiger partial charge < -0.3 is 78.4 Å². The molecule has 0 aromatic carbocycles. The molecule has 4 aliphatic carbocycles. The Morgan fingerprint density at radius 2 is 1.41 bits per heavy atom. The van der Waals surface area contributed by atoms with E-state index in [2.05, 4.69) is 6.92 Å². The van der Waals surface area contributed by atoms with Crippen molar-refractivity contribution in [1.29, 1.82) is 0 Å². The highest BCUT2D eigenvalue weighted by atomic mass is 16.8. The third-order valence-electron chi connectivity index (χ3n) is 16.4. The highest BCUT2D eigenvalue weighted by Crippen LogP contribution is 2.81. The molecule has 7 N–H and O–H groups in total. The lowest BCUT2D eigenvalue weighted by Crippen LogP contribution is -2.69. The van der Waals surface area contributed by atoms with Crippen LogP contribution in [0.25, 0.3) is 0 Å². The van der Waals surface area contributed by atoms with Gasteiger partial charge in [0.1, 0.15) is 65.8 Å². The van der Waals surface area contributed by atoms with E-state index in [0.717, 1.165) is 38.5 Å². The zero-order valence-electron chi connectivity index (χ0n) is 34.6. The number of ether oxygens (including phenoxy) is 9. The molecule has 2 spiro atoms. The fourth-order valence-corrected chi connectivity index (χ4v) is 13.4. The molecule has 8 fully saturated rings. The SMILES string of the molecule is COC1CC(O[C@H]2CC[C@@]3(C)C(CCC45OC46CC[C@H](C(C)=O)[C@@]6(C)[C@H](O)[C@@H](O)C53)C2)OC(C)C1OC1OC(C)C(OC2OC(CO)C(O)C(O)C2O)C(OC)C1O. The highest BCUT2D eigenvalue weighted by Gasteiger charge is 2.90. The Morgan fingerprint density at radius 3 is 2.09 bits per heavy atom. The molecule has 4 saturated carbocycles. The van der Waals surface area contributed by atoms with E-state index in [1.165, 1.54) is 7.11 Å². The normalized spacial score (nSPS) is 57.8. The van der Waals surface area contributed by atoms with E-state index in [1.54, 1.807) is 21.0 Å².